The first-order valence-electron chi connectivity index (χ1n) is 11.1. The molecule has 0 radical (unpaired) electrons. The Morgan fingerprint density at radius 1 is 1.18 bits per heavy atom. The van der Waals surface area contributed by atoms with Gasteiger partial charge in [-0.15, -0.1) is 0 Å². The van der Waals surface area contributed by atoms with Gasteiger partial charge < -0.3 is 25.5 Å². The van der Waals surface area contributed by atoms with E-state index in [1.165, 1.54) is 31.7 Å². The molecular weight excluding hydrogens is 595 g/mol. The van der Waals surface area contributed by atoms with E-state index in [0.29, 0.717) is 34.1 Å². The van der Waals surface area contributed by atoms with Crippen LogP contribution in [-0.2, 0) is 11.4 Å². The number of hydrogen-bond acceptors (Lipinski definition) is 6. The number of aliphatic hydroxyl groups is 1. The van der Waals surface area contributed by atoms with Crippen molar-refractivity contribution in [2.45, 2.75) is 58.6 Å². The summed E-state index contributed by atoms with van der Waals surface area (Å²) >= 11 is 0. The van der Waals surface area contributed by atoms with Crippen molar-refractivity contribution in [3.05, 3.63) is 35.8 Å². The molecule has 3 N–H and O–H groups in total. The monoisotopic (exact) mass is 624 g/mol. The smallest absolute Gasteiger partial charge is 0.290 e. The Morgan fingerprint density at radius 3 is 2.44 bits per heavy atom. The standard InChI is InChI=1S/C20H20F2N5O.C2H6.CH2O2.Dy/c21-12-6-13-17(16(9-28)26-18(13)23-7-12)20-24-8-14(22)19(27-20)25-15-5-10-1-3-11(15)4-2-10;1-2;2-1-3;/h6-8,10-11,15,28H,1-5,9H2,(H-,23,24,25,26,27);1-2H3;1H,(H,2,3);/q-1;;;. The molecule has 3 aromatic heterocycles. The Kier molecular flexibility index (Phi) is 11.1. The minimum atomic E-state index is -0.524. The molecule has 3 aliphatic carbocycles. The summed E-state index contributed by atoms with van der Waals surface area (Å²) in [7, 11) is 0. The SMILES string of the molecule is CC.O=CO.OCc1[n-]c2ncc(F)cc2c1-c1ncc(F)c(NC2CC3CCC2CC3)n1.[Dy]. The number of aromatic nitrogens is 4. The zero-order chi connectivity index (χ0) is 24.0. The average molecular weight is 623 g/mol. The van der Waals surface area contributed by atoms with E-state index >= 15 is 0 Å². The van der Waals surface area contributed by atoms with Crippen molar-refractivity contribution >= 4 is 23.3 Å². The molecular formula is C23H28DyF2N5O3-. The van der Waals surface area contributed by atoms with Gasteiger partial charge >= 0.3 is 0 Å². The van der Waals surface area contributed by atoms with Crippen LogP contribution in [0.15, 0.2) is 18.5 Å². The number of carbonyl (C=O) groups is 1. The van der Waals surface area contributed by atoms with E-state index in [1.54, 1.807) is 0 Å². The van der Waals surface area contributed by atoms with Crippen molar-refractivity contribution < 1.29 is 62.0 Å². The number of hydrogen-bond donors (Lipinski definition) is 3. The zero-order valence-corrected chi connectivity index (χ0v) is 21.0. The van der Waals surface area contributed by atoms with Gasteiger partial charge in [0.05, 0.1) is 12.8 Å². The molecule has 0 spiro atoms. The first kappa shape index (κ1) is 28.4. The molecule has 0 saturated heterocycles. The topological polar surface area (TPSA) is 122 Å². The molecule has 3 saturated carbocycles. The Hall–Kier alpha value is -1.87. The van der Waals surface area contributed by atoms with Crippen LogP contribution in [0, 0.1) is 61.6 Å². The Bertz CT molecular complexity index is 1090. The fourth-order valence-electron chi connectivity index (χ4n) is 4.73. The molecule has 11 heteroatoms. The number of rotatable bonds is 4. The van der Waals surface area contributed by atoms with Crippen molar-refractivity contribution in [1.29, 1.82) is 0 Å². The molecule has 8 nitrogen and oxygen atoms in total. The van der Waals surface area contributed by atoms with Gasteiger partial charge in [-0.2, -0.15) is 0 Å². The van der Waals surface area contributed by atoms with Crippen molar-refractivity contribution in [1.82, 2.24) is 19.9 Å². The van der Waals surface area contributed by atoms with Crippen LogP contribution >= 0.6 is 0 Å². The number of fused-ring (bicyclic) bond motifs is 4. The molecule has 34 heavy (non-hydrogen) atoms. The summed E-state index contributed by atoms with van der Waals surface area (Å²) in [4.78, 5) is 25.0. The quantitative estimate of drug-likeness (QED) is 0.371. The first-order chi connectivity index (χ1) is 16.0. The molecule has 0 aliphatic heterocycles. The number of anilines is 1. The molecule has 3 heterocycles. The average Bonchev–Trinajstić information content (AvgIpc) is 3.21. The number of pyridine rings is 1. The zero-order valence-electron chi connectivity index (χ0n) is 18.9. The molecule has 0 aromatic carbocycles. The molecule has 1 atom stereocenters. The van der Waals surface area contributed by atoms with E-state index in [4.69, 9.17) is 9.90 Å². The summed E-state index contributed by atoms with van der Waals surface area (Å²) < 4.78 is 28.2. The second-order valence-electron chi connectivity index (χ2n) is 7.88. The molecule has 188 valence electrons. The summed E-state index contributed by atoms with van der Waals surface area (Å²) in [6, 6.07) is 1.49. The van der Waals surface area contributed by atoms with Gasteiger partial charge in [0, 0.05) is 49.8 Å². The third kappa shape index (κ3) is 6.22. The van der Waals surface area contributed by atoms with Crippen LogP contribution < -0.4 is 10.3 Å². The van der Waals surface area contributed by atoms with Crippen molar-refractivity contribution in [2.75, 3.05) is 5.32 Å². The summed E-state index contributed by atoms with van der Waals surface area (Å²) in [5, 5.41) is 20.2. The molecule has 6 rings (SSSR count). The Labute approximate surface area is 227 Å². The number of halogens is 2. The van der Waals surface area contributed by atoms with E-state index in [-0.39, 0.29) is 68.9 Å². The largest absolute Gasteiger partial charge is 0.483 e. The second-order valence-corrected chi connectivity index (χ2v) is 7.88. The Morgan fingerprint density at radius 2 is 1.85 bits per heavy atom. The van der Waals surface area contributed by atoms with Crippen LogP contribution in [0.2, 0.25) is 0 Å². The second kappa shape index (κ2) is 13.3. The van der Waals surface area contributed by atoms with Gasteiger partial charge in [-0.05, 0) is 54.4 Å². The fourth-order valence-corrected chi connectivity index (χ4v) is 4.73. The van der Waals surface area contributed by atoms with Gasteiger partial charge in [0.1, 0.15) is 5.82 Å². The van der Waals surface area contributed by atoms with Crippen LogP contribution in [0.5, 0.6) is 0 Å². The summed E-state index contributed by atoms with van der Waals surface area (Å²) in [6.07, 6.45) is 8.04. The van der Waals surface area contributed by atoms with Crippen LogP contribution in [0.1, 0.15) is 51.6 Å². The van der Waals surface area contributed by atoms with Crippen molar-refractivity contribution in [3.63, 3.8) is 0 Å². The number of nitrogens with one attached hydrogen (secondary N) is 1. The van der Waals surface area contributed by atoms with Crippen LogP contribution in [0.4, 0.5) is 14.6 Å². The van der Waals surface area contributed by atoms with Crippen LogP contribution in [-0.4, -0.2) is 37.7 Å². The van der Waals surface area contributed by atoms with Gasteiger partial charge in [0.25, 0.3) is 6.47 Å². The van der Waals surface area contributed by atoms with Gasteiger partial charge in [0.15, 0.2) is 17.5 Å². The minimum Gasteiger partial charge on any atom is -0.483 e. The van der Waals surface area contributed by atoms with Gasteiger partial charge in [-0.3, -0.25) is 4.79 Å². The minimum absolute atomic E-state index is 0. The van der Waals surface area contributed by atoms with E-state index in [9.17, 15) is 13.9 Å². The maximum Gasteiger partial charge on any atom is 0.290 e. The summed E-state index contributed by atoms with van der Waals surface area (Å²) in [5.74, 6) is 0.530. The van der Waals surface area contributed by atoms with E-state index in [2.05, 4.69) is 25.3 Å². The Balaban J connectivity index is 0.000000633. The van der Waals surface area contributed by atoms with E-state index in [1.807, 2.05) is 13.8 Å². The molecule has 3 aliphatic rings. The van der Waals surface area contributed by atoms with Crippen LogP contribution in [0.3, 0.4) is 0 Å². The normalized spacial score (nSPS) is 20.3. The van der Waals surface area contributed by atoms with Gasteiger partial charge in [-0.25, -0.2) is 18.7 Å². The van der Waals surface area contributed by atoms with E-state index in [0.717, 1.165) is 18.8 Å². The predicted molar refractivity (Wildman–Crippen MR) is 119 cm³/mol. The summed E-state index contributed by atoms with van der Waals surface area (Å²) in [5.41, 5.74) is 0.979. The maximum atomic E-state index is 14.4. The van der Waals surface area contributed by atoms with Crippen LogP contribution in [0.25, 0.3) is 22.4 Å². The number of aliphatic hydroxyl groups excluding tert-OH is 1. The van der Waals surface area contributed by atoms with Crippen molar-refractivity contribution in [2.24, 2.45) is 11.8 Å². The third-order valence-electron chi connectivity index (χ3n) is 6.12. The number of nitrogens with zero attached hydrogens (tertiary/aromatic N) is 4. The molecule has 2 bridgehead atoms. The van der Waals surface area contributed by atoms with E-state index < -0.39 is 11.6 Å². The molecule has 3 fully saturated rings. The van der Waals surface area contributed by atoms with Gasteiger partial charge in [-0.1, -0.05) is 32.3 Å². The van der Waals surface area contributed by atoms with Gasteiger partial charge in [0.2, 0.25) is 0 Å². The molecule has 3 aromatic rings. The first-order valence-corrected chi connectivity index (χ1v) is 11.1. The maximum absolute atomic E-state index is 14.4. The molecule has 1 unspecified atom stereocenters. The van der Waals surface area contributed by atoms with Crippen molar-refractivity contribution in [3.8, 4) is 11.4 Å². The predicted octanol–water partition coefficient (Wildman–Crippen LogP) is 4.14. The summed E-state index contributed by atoms with van der Waals surface area (Å²) in [6.45, 7) is 3.38. The third-order valence-corrected chi connectivity index (χ3v) is 6.12. The fraction of sp³-hybridized carbons (Fsp3) is 0.478. The number of carboxylic acid groups (broad SMARTS) is 1. The molecule has 0 amide bonds.